The maximum absolute atomic E-state index is 12.8. The van der Waals surface area contributed by atoms with Crippen LogP contribution in [0.2, 0.25) is 0 Å². The molecule has 0 spiro atoms. The van der Waals surface area contributed by atoms with Gasteiger partial charge in [-0.3, -0.25) is 9.89 Å². The van der Waals surface area contributed by atoms with E-state index in [1.54, 1.807) is 14.0 Å². The van der Waals surface area contributed by atoms with Crippen molar-refractivity contribution >= 4 is 16.0 Å². The second-order valence-corrected chi connectivity index (χ2v) is 8.31. The van der Waals surface area contributed by atoms with Gasteiger partial charge in [0.25, 0.3) is 0 Å². The van der Waals surface area contributed by atoms with Gasteiger partial charge in [0.05, 0.1) is 6.26 Å². The summed E-state index contributed by atoms with van der Waals surface area (Å²) in [7, 11) is -1.57. The van der Waals surface area contributed by atoms with Crippen LogP contribution in [0.15, 0.2) is 4.99 Å². The number of piperazine rings is 1. The monoisotopic (exact) mass is 401 g/mol. The molecule has 0 aromatic rings. The molecule has 1 saturated heterocycles. The van der Waals surface area contributed by atoms with Crippen LogP contribution in [0.3, 0.4) is 0 Å². The van der Waals surface area contributed by atoms with Crippen molar-refractivity contribution in [2.45, 2.75) is 32.5 Å². The van der Waals surface area contributed by atoms with Gasteiger partial charge >= 0.3 is 6.18 Å². The van der Waals surface area contributed by atoms with Gasteiger partial charge in [-0.05, 0) is 13.3 Å². The first-order valence-electron chi connectivity index (χ1n) is 8.72. The fraction of sp³-hybridized carbons (Fsp3) is 0.933. The van der Waals surface area contributed by atoms with E-state index in [0.29, 0.717) is 58.2 Å². The van der Waals surface area contributed by atoms with Crippen molar-refractivity contribution < 1.29 is 21.6 Å². The van der Waals surface area contributed by atoms with Gasteiger partial charge in [-0.25, -0.2) is 12.7 Å². The lowest BCUT2D eigenvalue weighted by Crippen LogP contribution is -2.56. The predicted molar refractivity (Wildman–Crippen MR) is 96.7 cm³/mol. The summed E-state index contributed by atoms with van der Waals surface area (Å²) in [5, 5.41) is 3.16. The van der Waals surface area contributed by atoms with Crippen LogP contribution in [0.5, 0.6) is 0 Å². The lowest BCUT2D eigenvalue weighted by molar-refractivity contribution is -0.181. The van der Waals surface area contributed by atoms with Crippen molar-refractivity contribution in [2.24, 2.45) is 4.99 Å². The predicted octanol–water partition coefficient (Wildman–Crippen LogP) is 0.802. The van der Waals surface area contributed by atoms with Crippen molar-refractivity contribution in [3.8, 4) is 0 Å². The molecule has 1 fully saturated rings. The molecule has 0 aliphatic carbocycles. The van der Waals surface area contributed by atoms with Gasteiger partial charge in [-0.1, -0.05) is 6.92 Å². The third kappa shape index (κ3) is 6.92. The van der Waals surface area contributed by atoms with Crippen LogP contribution in [-0.4, -0.2) is 99.8 Å². The maximum atomic E-state index is 12.8. The molecular weight excluding hydrogens is 371 g/mol. The number of hydrogen-bond donors (Lipinski definition) is 1. The van der Waals surface area contributed by atoms with E-state index in [0.717, 1.165) is 0 Å². The Morgan fingerprint density at radius 1 is 1.27 bits per heavy atom. The fourth-order valence-electron chi connectivity index (χ4n) is 2.87. The minimum absolute atomic E-state index is 0.319. The normalized spacial score (nSPS) is 19.1. The molecule has 7 nitrogen and oxygen atoms in total. The van der Waals surface area contributed by atoms with Gasteiger partial charge in [0.1, 0.15) is 6.04 Å². The highest BCUT2D eigenvalue weighted by atomic mass is 32.2. The van der Waals surface area contributed by atoms with E-state index >= 15 is 0 Å². The molecule has 26 heavy (non-hydrogen) atoms. The number of rotatable bonds is 7. The van der Waals surface area contributed by atoms with Crippen molar-refractivity contribution in [1.29, 1.82) is 0 Å². The highest BCUT2D eigenvalue weighted by molar-refractivity contribution is 7.88. The number of aliphatic imine (C=N–C) groups is 1. The van der Waals surface area contributed by atoms with E-state index < -0.39 is 22.2 Å². The Kier molecular flexibility index (Phi) is 8.61. The van der Waals surface area contributed by atoms with Crippen LogP contribution in [0, 0.1) is 0 Å². The Morgan fingerprint density at radius 2 is 1.85 bits per heavy atom. The number of guanidine groups is 1. The topological polar surface area (TPSA) is 68.2 Å². The van der Waals surface area contributed by atoms with Crippen LogP contribution in [0.4, 0.5) is 13.2 Å². The number of nitrogens with one attached hydrogen (secondary N) is 1. The van der Waals surface area contributed by atoms with E-state index in [2.05, 4.69) is 10.3 Å². The Bertz CT molecular complexity index is 560. The molecule has 0 aromatic heterocycles. The zero-order chi connectivity index (χ0) is 20.0. The molecule has 1 atom stereocenters. The van der Waals surface area contributed by atoms with Gasteiger partial charge in [0, 0.05) is 52.9 Å². The minimum atomic E-state index is -4.22. The van der Waals surface area contributed by atoms with Crippen LogP contribution in [0.1, 0.15) is 20.3 Å². The van der Waals surface area contributed by atoms with Gasteiger partial charge in [-0.2, -0.15) is 13.2 Å². The summed E-state index contributed by atoms with van der Waals surface area (Å²) >= 11 is 0. The molecular formula is C15H30F3N5O2S. The zero-order valence-electron chi connectivity index (χ0n) is 15.9. The summed E-state index contributed by atoms with van der Waals surface area (Å²) in [4.78, 5) is 7.52. The lowest BCUT2D eigenvalue weighted by atomic mass is 10.2. The average molecular weight is 401 g/mol. The van der Waals surface area contributed by atoms with Crippen LogP contribution in [0.25, 0.3) is 0 Å². The summed E-state index contributed by atoms with van der Waals surface area (Å²) in [6.45, 7) is 5.91. The first-order valence-corrected chi connectivity index (χ1v) is 10.6. The van der Waals surface area contributed by atoms with Crippen molar-refractivity contribution in [2.75, 3.05) is 59.1 Å². The molecule has 0 radical (unpaired) electrons. The number of hydrogen-bond acceptors (Lipinski definition) is 4. The molecule has 0 saturated carbocycles. The summed E-state index contributed by atoms with van der Waals surface area (Å²) in [5.74, 6) is 0.631. The summed E-state index contributed by atoms with van der Waals surface area (Å²) in [6.07, 6.45) is -2.41. The third-order valence-corrected chi connectivity index (χ3v) is 5.91. The number of alkyl halides is 3. The zero-order valence-corrected chi connectivity index (χ0v) is 16.7. The minimum Gasteiger partial charge on any atom is -0.356 e. The molecule has 1 aliphatic rings. The standard InChI is InChI=1S/C15H30F3N5O2S/c1-5-23(26(4,24)25)8-6-7-20-14(19-3)22-11-9-21(10-12-22)13(2)15(16,17)18/h13H,5-12H2,1-4H3,(H,19,20). The van der Waals surface area contributed by atoms with Crippen LogP contribution >= 0.6 is 0 Å². The summed E-state index contributed by atoms with van der Waals surface area (Å²) in [5.41, 5.74) is 0. The Hall–Kier alpha value is -1.07. The molecule has 11 heteroatoms. The van der Waals surface area contributed by atoms with Crippen LogP contribution in [-0.2, 0) is 10.0 Å². The van der Waals surface area contributed by atoms with Crippen molar-refractivity contribution in [1.82, 2.24) is 19.4 Å². The highest BCUT2D eigenvalue weighted by Crippen LogP contribution is 2.25. The van der Waals surface area contributed by atoms with Gasteiger partial charge in [-0.15, -0.1) is 0 Å². The van der Waals surface area contributed by atoms with E-state index in [-0.39, 0.29) is 0 Å². The fourth-order valence-corrected chi connectivity index (χ4v) is 3.80. The third-order valence-electron chi connectivity index (χ3n) is 4.54. The molecule has 1 rings (SSSR count). The molecule has 1 aliphatic heterocycles. The van der Waals surface area contributed by atoms with Crippen molar-refractivity contribution in [3.63, 3.8) is 0 Å². The molecule has 0 amide bonds. The summed E-state index contributed by atoms with van der Waals surface area (Å²) < 4.78 is 62.9. The second-order valence-electron chi connectivity index (χ2n) is 6.32. The quantitative estimate of drug-likeness (QED) is 0.388. The largest absolute Gasteiger partial charge is 0.403 e. The summed E-state index contributed by atoms with van der Waals surface area (Å²) in [6, 6.07) is -1.45. The average Bonchev–Trinajstić information content (AvgIpc) is 2.56. The first kappa shape index (κ1) is 23.0. The Balaban J connectivity index is 2.42. The molecule has 1 N–H and O–H groups in total. The second kappa shape index (κ2) is 9.75. The Morgan fingerprint density at radius 3 is 2.27 bits per heavy atom. The lowest BCUT2D eigenvalue weighted by Gasteiger charge is -2.39. The molecule has 0 aromatic carbocycles. The first-order chi connectivity index (χ1) is 12.0. The van der Waals surface area contributed by atoms with E-state index in [1.807, 2.05) is 4.90 Å². The highest BCUT2D eigenvalue weighted by Gasteiger charge is 2.41. The number of halogens is 3. The SMILES string of the molecule is CCN(CCCNC(=NC)N1CCN(C(C)C(F)(F)F)CC1)S(C)(=O)=O. The van der Waals surface area contributed by atoms with E-state index in [9.17, 15) is 21.6 Å². The van der Waals surface area contributed by atoms with E-state index in [1.165, 1.54) is 22.4 Å². The molecule has 154 valence electrons. The molecule has 1 unspecified atom stereocenters. The smallest absolute Gasteiger partial charge is 0.356 e. The molecule has 1 heterocycles. The van der Waals surface area contributed by atoms with Crippen LogP contribution < -0.4 is 5.32 Å². The van der Waals surface area contributed by atoms with Gasteiger partial charge in [0.15, 0.2) is 5.96 Å². The van der Waals surface area contributed by atoms with Crippen molar-refractivity contribution in [3.05, 3.63) is 0 Å². The molecule has 0 bridgehead atoms. The van der Waals surface area contributed by atoms with Gasteiger partial charge < -0.3 is 10.2 Å². The number of nitrogens with zero attached hydrogens (tertiary/aromatic N) is 4. The van der Waals surface area contributed by atoms with Gasteiger partial charge in [0.2, 0.25) is 10.0 Å². The number of sulfonamides is 1. The Labute approximate surface area is 154 Å². The van der Waals surface area contributed by atoms with E-state index in [4.69, 9.17) is 0 Å². The maximum Gasteiger partial charge on any atom is 0.403 e.